The van der Waals surface area contributed by atoms with Crippen molar-refractivity contribution in [1.29, 1.82) is 0 Å². The van der Waals surface area contributed by atoms with Crippen LogP contribution in [0.3, 0.4) is 0 Å². The Hall–Kier alpha value is -2.00. The van der Waals surface area contributed by atoms with Crippen LogP contribution in [0.25, 0.3) is 0 Å². The standard InChI is InChI=1S/C17H20F3N3O3.ClH/c1-10(11-8-21-9-11)15(24)22-14-5-6-23(16(14)25)12-3-2-4-13(7-12)26-17(18,19)20;/h2-4,7,10-11,14,21H,5-6,8-9H2,1H3,(H,22,24);1H. The highest BCUT2D eigenvalue weighted by Gasteiger charge is 2.37. The average molecular weight is 408 g/mol. The summed E-state index contributed by atoms with van der Waals surface area (Å²) in [5.41, 5.74) is 0.310. The lowest BCUT2D eigenvalue weighted by Crippen LogP contribution is -2.52. The Morgan fingerprint density at radius 1 is 1.37 bits per heavy atom. The van der Waals surface area contributed by atoms with Gasteiger partial charge in [-0.3, -0.25) is 9.59 Å². The van der Waals surface area contributed by atoms with E-state index in [0.717, 1.165) is 19.2 Å². The van der Waals surface area contributed by atoms with Gasteiger partial charge in [-0.1, -0.05) is 13.0 Å². The molecule has 2 fully saturated rings. The molecule has 2 N–H and O–H groups in total. The van der Waals surface area contributed by atoms with Crippen molar-refractivity contribution in [3.05, 3.63) is 24.3 Å². The number of carbonyl (C=O) groups excluding carboxylic acids is 2. The third-order valence-electron chi connectivity index (χ3n) is 4.82. The first-order chi connectivity index (χ1) is 12.2. The van der Waals surface area contributed by atoms with Gasteiger partial charge < -0.3 is 20.3 Å². The maximum absolute atomic E-state index is 12.5. The summed E-state index contributed by atoms with van der Waals surface area (Å²) in [5.74, 6) is -0.825. The van der Waals surface area contributed by atoms with E-state index in [0.29, 0.717) is 18.7 Å². The summed E-state index contributed by atoms with van der Waals surface area (Å²) in [6.45, 7) is 3.71. The van der Waals surface area contributed by atoms with Gasteiger partial charge in [0.1, 0.15) is 11.8 Å². The fourth-order valence-corrected chi connectivity index (χ4v) is 3.10. The Kier molecular flexibility index (Phi) is 6.59. The largest absolute Gasteiger partial charge is 0.573 e. The van der Waals surface area contributed by atoms with Crippen LogP contribution in [0.4, 0.5) is 18.9 Å². The molecule has 1 aromatic carbocycles. The van der Waals surface area contributed by atoms with Gasteiger partial charge in [0, 0.05) is 24.2 Å². The number of anilines is 1. The van der Waals surface area contributed by atoms with E-state index in [9.17, 15) is 22.8 Å². The van der Waals surface area contributed by atoms with Crippen molar-refractivity contribution in [1.82, 2.24) is 10.6 Å². The smallest absolute Gasteiger partial charge is 0.406 e. The summed E-state index contributed by atoms with van der Waals surface area (Å²) in [7, 11) is 0. The van der Waals surface area contributed by atoms with Crippen LogP contribution in [-0.2, 0) is 9.59 Å². The van der Waals surface area contributed by atoms with Gasteiger partial charge in [-0.25, -0.2) is 0 Å². The molecule has 2 heterocycles. The molecule has 2 unspecified atom stereocenters. The van der Waals surface area contributed by atoms with Gasteiger partial charge in [-0.15, -0.1) is 25.6 Å². The summed E-state index contributed by atoms with van der Waals surface area (Å²) < 4.78 is 40.9. The number of rotatable bonds is 5. The van der Waals surface area contributed by atoms with Gasteiger partial charge in [-0.2, -0.15) is 0 Å². The molecular formula is C17H21ClF3N3O3. The topological polar surface area (TPSA) is 70.7 Å². The molecule has 3 rings (SSSR count). The summed E-state index contributed by atoms with van der Waals surface area (Å²) in [4.78, 5) is 26.2. The highest BCUT2D eigenvalue weighted by molar-refractivity contribution is 6.01. The zero-order chi connectivity index (χ0) is 18.9. The van der Waals surface area contributed by atoms with Crippen molar-refractivity contribution in [2.24, 2.45) is 11.8 Å². The van der Waals surface area contributed by atoms with Gasteiger partial charge in [0.2, 0.25) is 11.8 Å². The van der Waals surface area contributed by atoms with Gasteiger partial charge in [0.15, 0.2) is 0 Å². The molecular weight excluding hydrogens is 387 g/mol. The van der Waals surface area contributed by atoms with Crippen LogP contribution in [0.2, 0.25) is 0 Å². The van der Waals surface area contributed by atoms with E-state index in [4.69, 9.17) is 0 Å². The molecule has 27 heavy (non-hydrogen) atoms. The molecule has 0 radical (unpaired) electrons. The Morgan fingerprint density at radius 3 is 2.67 bits per heavy atom. The molecule has 0 aromatic heterocycles. The molecule has 2 aliphatic rings. The lowest BCUT2D eigenvalue weighted by molar-refractivity contribution is -0.274. The van der Waals surface area contributed by atoms with Crippen LogP contribution in [0.15, 0.2) is 24.3 Å². The fourth-order valence-electron chi connectivity index (χ4n) is 3.10. The van der Waals surface area contributed by atoms with Crippen LogP contribution >= 0.6 is 12.4 Å². The van der Waals surface area contributed by atoms with Gasteiger partial charge >= 0.3 is 6.36 Å². The lowest BCUT2D eigenvalue weighted by Gasteiger charge is -2.32. The van der Waals surface area contributed by atoms with Crippen molar-refractivity contribution in [2.45, 2.75) is 25.7 Å². The number of ether oxygens (including phenoxy) is 1. The first-order valence-electron chi connectivity index (χ1n) is 8.43. The van der Waals surface area contributed by atoms with Crippen LogP contribution in [0.5, 0.6) is 5.75 Å². The van der Waals surface area contributed by atoms with Crippen LogP contribution in [0, 0.1) is 11.8 Å². The molecule has 150 valence electrons. The molecule has 2 atom stereocenters. The monoisotopic (exact) mass is 407 g/mol. The number of hydrogen-bond acceptors (Lipinski definition) is 4. The Labute approximate surface area is 160 Å². The Morgan fingerprint density at radius 2 is 2.07 bits per heavy atom. The van der Waals surface area contributed by atoms with Crippen molar-refractivity contribution in [3.8, 4) is 5.75 Å². The number of nitrogens with one attached hydrogen (secondary N) is 2. The Balaban J connectivity index is 0.00000261. The predicted molar refractivity (Wildman–Crippen MR) is 94.8 cm³/mol. The first-order valence-corrected chi connectivity index (χ1v) is 8.43. The average Bonchev–Trinajstić information content (AvgIpc) is 2.85. The van der Waals surface area contributed by atoms with Crippen molar-refractivity contribution < 1.29 is 27.5 Å². The number of nitrogens with zero attached hydrogens (tertiary/aromatic N) is 1. The molecule has 1 aromatic rings. The van der Waals surface area contributed by atoms with Crippen molar-refractivity contribution >= 4 is 29.9 Å². The zero-order valence-corrected chi connectivity index (χ0v) is 15.4. The summed E-state index contributed by atoms with van der Waals surface area (Å²) in [5, 5.41) is 5.86. The van der Waals surface area contributed by atoms with Crippen LogP contribution in [0.1, 0.15) is 13.3 Å². The number of benzene rings is 1. The second kappa shape index (κ2) is 8.35. The molecule has 0 bridgehead atoms. The maximum atomic E-state index is 12.5. The van der Waals surface area contributed by atoms with E-state index in [1.165, 1.54) is 23.1 Å². The highest BCUT2D eigenvalue weighted by atomic mass is 35.5. The minimum atomic E-state index is -4.79. The van der Waals surface area contributed by atoms with E-state index >= 15 is 0 Å². The molecule has 0 aliphatic carbocycles. The van der Waals surface area contributed by atoms with Crippen LogP contribution in [-0.4, -0.2) is 43.9 Å². The molecule has 0 saturated carbocycles. The van der Waals surface area contributed by atoms with E-state index < -0.39 is 12.4 Å². The molecule has 2 saturated heterocycles. The number of halogens is 4. The number of alkyl halides is 3. The molecule has 2 amide bonds. The van der Waals surface area contributed by atoms with Gasteiger partial charge in [0.05, 0.1) is 0 Å². The van der Waals surface area contributed by atoms with Gasteiger partial charge in [-0.05, 0) is 37.6 Å². The zero-order valence-electron chi connectivity index (χ0n) is 14.6. The summed E-state index contributed by atoms with van der Waals surface area (Å²) >= 11 is 0. The number of carbonyl (C=O) groups is 2. The second-order valence-electron chi connectivity index (χ2n) is 6.59. The molecule has 2 aliphatic heterocycles. The summed E-state index contributed by atoms with van der Waals surface area (Å²) in [6.07, 6.45) is -4.39. The third-order valence-corrected chi connectivity index (χ3v) is 4.82. The minimum absolute atomic E-state index is 0. The van der Waals surface area contributed by atoms with E-state index in [1.807, 2.05) is 6.92 Å². The molecule has 10 heteroatoms. The predicted octanol–water partition coefficient (Wildman–Crippen LogP) is 2.08. The maximum Gasteiger partial charge on any atom is 0.573 e. The molecule has 6 nitrogen and oxygen atoms in total. The van der Waals surface area contributed by atoms with E-state index in [2.05, 4.69) is 15.4 Å². The number of hydrogen-bond donors (Lipinski definition) is 2. The van der Waals surface area contributed by atoms with Crippen molar-refractivity contribution in [2.75, 3.05) is 24.5 Å². The highest BCUT2D eigenvalue weighted by Crippen LogP contribution is 2.29. The third kappa shape index (κ3) is 5.04. The summed E-state index contributed by atoms with van der Waals surface area (Å²) in [6, 6.07) is 4.60. The molecule has 0 spiro atoms. The normalized spacial score (nSPS) is 21.3. The van der Waals surface area contributed by atoms with E-state index in [-0.39, 0.29) is 41.8 Å². The van der Waals surface area contributed by atoms with E-state index in [1.54, 1.807) is 0 Å². The van der Waals surface area contributed by atoms with Gasteiger partial charge in [0.25, 0.3) is 0 Å². The lowest BCUT2D eigenvalue weighted by atomic mass is 9.88. The van der Waals surface area contributed by atoms with Crippen LogP contribution < -0.4 is 20.3 Å². The quantitative estimate of drug-likeness (QED) is 0.784. The minimum Gasteiger partial charge on any atom is -0.406 e. The first kappa shape index (κ1) is 21.3. The fraction of sp³-hybridized carbons (Fsp3) is 0.529. The number of amides is 2. The SMILES string of the molecule is CC(C(=O)NC1CCN(c2cccc(OC(F)(F)F)c2)C1=O)C1CNC1.Cl. The van der Waals surface area contributed by atoms with Crippen molar-refractivity contribution in [3.63, 3.8) is 0 Å². The Bertz CT molecular complexity index is 697. The second-order valence-corrected chi connectivity index (χ2v) is 6.59.